The molecule has 0 spiro atoms. The molecule has 1 saturated heterocycles. The maximum atomic E-state index is 12.9. The van der Waals surface area contributed by atoms with E-state index in [-0.39, 0.29) is 11.9 Å². The SMILES string of the molecule is CC(C)N1C(=O)C(=Cc2ccc(N(C)C)cc2)SC1=Nc1ccccc1. The molecular weight excluding hydrogens is 342 g/mol. The molecule has 134 valence electrons. The number of hydrogen-bond acceptors (Lipinski definition) is 4. The average molecular weight is 366 g/mol. The molecule has 26 heavy (non-hydrogen) atoms. The summed E-state index contributed by atoms with van der Waals surface area (Å²) in [6.07, 6.45) is 1.94. The summed E-state index contributed by atoms with van der Waals surface area (Å²) < 4.78 is 0. The lowest BCUT2D eigenvalue weighted by molar-refractivity contribution is -0.123. The number of thioether (sulfide) groups is 1. The number of nitrogens with zero attached hydrogens (tertiary/aromatic N) is 3. The van der Waals surface area contributed by atoms with Gasteiger partial charge in [-0.05, 0) is 61.5 Å². The average Bonchev–Trinajstić information content (AvgIpc) is 2.91. The second-order valence-corrected chi connectivity index (χ2v) is 7.60. The summed E-state index contributed by atoms with van der Waals surface area (Å²) >= 11 is 1.43. The van der Waals surface area contributed by atoms with Crippen molar-refractivity contribution in [3.05, 3.63) is 65.1 Å². The number of rotatable bonds is 4. The quantitative estimate of drug-likeness (QED) is 0.733. The standard InChI is InChI=1S/C21H23N3OS/c1-15(2)24-20(25)19(14-16-10-12-18(13-11-16)23(3)4)26-21(24)22-17-8-6-5-7-9-17/h5-15H,1-4H3. The molecule has 0 atom stereocenters. The van der Waals surface area contributed by atoms with Crippen LogP contribution in [0.15, 0.2) is 64.5 Å². The Hall–Kier alpha value is -2.53. The van der Waals surface area contributed by atoms with Crippen LogP contribution in [-0.4, -0.2) is 36.1 Å². The van der Waals surface area contributed by atoms with Gasteiger partial charge in [0.25, 0.3) is 5.91 Å². The first kappa shape index (κ1) is 18.3. The molecule has 3 rings (SSSR count). The monoisotopic (exact) mass is 365 g/mol. The van der Waals surface area contributed by atoms with Crippen molar-refractivity contribution in [1.82, 2.24) is 4.90 Å². The maximum Gasteiger partial charge on any atom is 0.266 e. The molecule has 2 aromatic carbocycles. The van der Waals surface area contributed by atoms with Gasteiger partial charge in [0.05, 0.1) is 10.6 Å². The van der Waals surface area contributed by atoms with Crippen molar-refractivity contribution in [1.29, 1.82) is 0 Å². The van der Waals surface area contributed by atoms with Crippen molar-refractivity contribution < 1.29 is 4.79 Å². The van der Waals surface area contributed by atoms with Crippen LogP contribution in [0.4, 0.5) is 11.4 Å². The first-order valence-electron chi connectivity index (χ1n) is 8.60. The van der Waals surface area contributed by atoms with E-state index in [1.165, 1.54) is 11.8 Å². The molecule has 5 heteroatoms. The summed E-state index contributed by atoms with van der Waals surface area (Å²) in [4.78, 5) is 22.1. The maximum absolute atomic E-state index is 12.9. The molecule has 0 bridgehead atoms. The van der Waals surface area contributed by atoms with E-state index in [4.69, 9.17) is 0 Å². The van der Waals surface area contributed by atoms with E-state index >= 15 is 0 Å². The van der Waals surface area contributed by atoms with Gasteiger partial charge in [0.15, 0.2) is 5.17 Å². The summed E-state index contributed by atoms with van der Waals surface area (Å²) in [6, 6.07) is 18.0. The normalized spacial score (nSPS) is 17.6. The van der Waals surface area contributed by atoms with Crippen LogP contribution in [0.5, 0.6) is 0 Å². The van der Waals surface area contributed by atoms with E-state index in [1.54, 1.807) is 4.90 Å². The van der Waals surface area contributed by atoms with E-state index in [0.717, 1.165) is 22.1 Å². The van der Waals surface area contributed by atoms with Crippen molar-refractivity contribution >= 4 is 40.3 Å². The van der Waals surface area contributed by atoms with Crippen LogP contribution >= 0.6 is 11.8 Å². The highest BCUT2D eigenvalue weighted by molar-refractivity contribution is 8.18. The first-order valence-corrected chi connectivity index (χ1v) is 9.41. The topological polar surface area (TPSA) is 35.9 Å². The molecule has 0 saturated carbocycles. The zero-order chi connectivity index (χ0) is 18.7. The molecule has 0 radical (unpaired) electrons. The summed E-state index contributed by atoms with van der Waals surface area (Å²) in [5.74, 6) is 0.0105. The van der Waals surface area contributed by atoms with Crippen LogP contribution in [0.1, 0.15) is 19.4 Å². The highest BCUT2D eigenvalue weighted by Gasteiger charge is 2.35. The van der Waals surface area contributed by atoms with Gasteiger partial charge < -0.3 is 4.90 Å². The Labute approximate surface area is 159 Å². The fourth-order valence-electron chi connectivity index (χ4n) is 2.65. The second-order valence-electron chi connectivity index (χ2n) is 6.60. The lowest BCUT2D eigenvalue weighted by Crippen LogP contribution is -2.35. The van der Waals surface area contributed by atoms with Gasteiger partial charge in [-0.1, -0.05) is 30.3 Å². The Morgan fingerprint density at radius 1 is 1.04 bits per heavy atom. The Morgan fingerprint density at radius 3 is 2.27 bits per heavy atom. The molecule has 0 aromatic heterocycles. The fraction of sp³-hybridized carbons (Fsp3) is 0.238. The fourth-order valence-corrected chi connectivity index (χ4v) is 3.77. The molecule has 1 aliphatic heterocycles. The number of amidine groups is 1. The number of amides is 1. The largest absolute Gasteiger partial charge is 0.378 e. The van der Waals surface area contributed by atoms with Crippen LogP contribution < -0.4 is 4.90 Å². The predicted octanol–water partition coefficient (Wildman–Crippen LogP) is 4.77. The van der Waals surface area contributed by atoms with Crippen LogP contribution in [0.2, 0.25) is 0 Å². The summed E-state index contributed by atoms with van der Waals surface area (Å²) in [7, 11) is 4.02. The summed E-state index contributed by atoms with van der Waals surface area (Å²) in [5, 5.41) is 0.729. The van der Waals surface area contributed by atoms with Gasteiger partial charge in [-0.3, -0.25) is 9.69 Å². The van der Waals surface area contributed by atoms with Crippen molar-refractivity contribution in [2.24, 2.45) is 4.99 Å². The lowest BCUT2D eigenvalue weighted by Gasteiger charge is -2.19. The summed E-state index contributed by atoms with van der Waals surface area (Å²) in [5.41, 5.74) is 2.99. The molecule has 4 nitrogen and oxygen atoms in total. The molecule has 0 unspecified atom stereocenters. The van der Waals surface area contributed by atoms with E-state index in [0.29, 0.717) is 4.91 Å². The summed E-state index contributed by atoms with van der Waals surface area (Å²) in [6.45, 7) is 4.02. The van der Waals surface area contributed by atoms with Crippen molar-refractivity contribution in [2.45, 2.75) is 19.9 Å². The van der Waals surface area contributed by atoms with Gasteiger partial charge in [-0.15, -0.1) is 0 Å². The number of carbonyl (C=O) groups is 1. The van der Waals surface area contributed by atoms with E-state index in [1.807, 2.05) is 76.5 Å². The van der Waals surface area contributed by atoms with Gasteiger partial charge in [0.1, 0.15) is 0 Å². The van der Waals surface area contributed by atoms with Gasteiger partial charge in [-0.25, -0.2) is 4.99 Å². The first-order chi connectivity index (χ1) is 12.5. The Bertz CT molecular complexity index is 839. The number of hydrogen-bond donors (Lipinski definition) is 0. The number of para-hydroxylation sites is 1. The minimum absolute atomic E-state index is 0.0105. The smallest absolute Gasteiger partial charge is 0.266 e. The number of benzene rings is 2. The van der Waals surface area contributed by atoms with Crippen LogP contribution in [0.25, 0.3) is 6.08 Å². The third kappa shape index (κ3) is 3.99. The molecule has 0 aliphatic carbocycles. The highest BCUT2D eigenvalue weighted by Crippen LogP contribution is 2.35. The molecule has 1 heterocycles. The van der Waals surface area contributed by atoms with Gasteiger partial charge >= 0.3 is 0 Å². The zero-order valence-corrected chi connectivity index (χ0v) is 16.3. The van der Waals surface area contributed by atoms with Crippen molar-refractivity contribution in [3.8, 4) is 0 Å². The molecule has 1 aliphatic rings. The molecule has 2 aromatic rings. The Kier molecular flexibility index (Phi) is 5.47. The van der Waals surface area contributed by atoms with E-state index < -0.39 is 0 Å². The third-order valence-corrected chi connectivity index (χ3v) is 5.02. The Morgan fingerprint density at radius 2 is 1.69 bits per heavy atom. The van der Waals surface area contributed by atoms with Crippen LogP contribution in [0, 0.1) is 0 Å². The predicted molar refractivity (Wildman–Crippen MR) is 112 cm³/mol. The number of carbonyl (C=O) groups excluding carboxylic acids is 1. The van der Waals surface area contributed by atoms with Crippen molar-refractivity contribution in [2.75, 3.05) is 19.0 Å². The zero-order valence-electron chi connectivity index (χ0n) is 15.5. The molecule has 1 amide bonds. The molecular formula is C21H23N3OS. The minimum atomic E-state index is 0.0105. The Balaban J connectivity index is 1.91. The third-order valence-electron chi connectivity index (χ3n) is 4.04. The van der Waals surface area contributed by atoms with E-state index in [9.17, 15) is 4.79 Å². The lowest BCUT2D eigenvalue weighted by atomic mass is 10.2. The van der Waals surface area contributed by atoms with Crippen LogP contribution in [-0.2, 0) is 4.79 Å². The van der Waals surface area contributed by atoms with E-state index in [2.05, 4.69) is 22.0 Å². The van der Waals surface area contributed by atoms with Crippen LogP contribution in [0.3, 0.4) is 0 Å². The molecule has 0 N–H and O–H groups in total. The number of anilines is 1. The molecule has 1 fully saturated rings. The van der Waals surface area contributed by atoms with Gasteiger partial charge in [-0.2, -0.15) is 0 Å². The second kappa shape index (κ2) is 7.79. The van der Waals surface area contributed by atoms with Gasteiger partial charge in [0.2, 0.25) is 0 Å². The minimum Gasteiger partial charge on any atom is -0.378 e. The highest BCUT2D eigenvalue weighted by atomic mass is 32.2. The van der Waals surface area contributed by atoms with Gasteiger partial charge in [0, 0.05) is 25.8 Å². The van der Waals surface area contributed by atoms with Crippen molar-refractivity contribution in [3.63, 3.8) is 0 Å². The number of aliphatic imine (C=N–C) groups is 1.